The molecule has 6 heteroatoms. The highest BCUT2D eigenvalue weighted by Gasteiger charge is 2.54. The zero-order valence-electron chi connectivity index (χ0n) is 26.9. The maximum atomic E-state index is 12.4. The average Bonchev–Trinajstić information content (AvgIpc) is 3.51. The van der Waals surface area contributed by atoms with Crippen LogP contribution in [0, 0.1) is 11.8 Å². The predicted molar refractivity (Wildman–Crippen MR) is 175 cm³/mol. The summed E-state index contributed by atoms with van der Waals surface area (Å²) in [6.07, 6.45) is 13.0. The van der Waals surface area contributed by atoms with Gasteiger partial charge < -0.3 is 18.6 Å². The van der Waals surface area contributed by atoms with Crippen LogP contribution in [0.4, 0.5) is 0 Å². The summed E-state index contributed by atoms with van der Waals surface area (Å²) in [5.74, 6) is 0.121. The molecule has 0 bridgehead atoms. The summed E-state index contributed by atoms with van der Waals surface area (Å²) in [5.41, 5.74) is -0.506. The molecule has 0 spiro atoms. The Labute approximate surface area is 260 Å². The summed E-state index contributed by atoms with van der Waals surface area (Å²) in [6.45, 7) is 12.3. The molecule has 2 saturated heterocycles. The highest BCUT2D eigenvalue weighted by Crippen LogP contribution is 2.46. The predicted octanol–water partition coefficient (Wildman–Crippen LogP) is 7.32. The number of hydrogen-bond acceptors (Lipinski definition) is 5. The van der Waals surface area contributed by atoms with E-state index in [2.05, 4.69) is 107 Å². The van der Waals surface area contributed by atoms with Gasteiger partial charge in [0.1, 0.15) is 6.10 Å². The summed E-state index contributed by atoms with van der Waals surface area (Å²) in [7, 11) is -2.79. The molecule has 6 atom stereocenters. The van der Waals surface area contributed by atoms with Gasteiger partial charge in [-0.2, -0.15) is 0 Å². The van der Waals surface area contributed by atoms with Crippen LogP contribution < -0.4 is 10.4 Å². The first kappa shape index (κ1) is 32.1. The van der Waals surface area contributed by atoms with Crippen LogP contribution in [0.5, 0.6) is 0 Å². The maximum absolute atomic E-state index is 12.4. The molecular formula is C37H52O5Si. The van der Waals surface area contributed by atoms with Crippen molar-refractivity contribution >= 4 is 24.7 Å². The van der Waals surface area contributed by atoms with E-state index >= 15 is 0 Å². The Morgan fingerprint density at radius 3 is 2.21 bits per heavy atom. The zero-order valence-corrected chi connectivity index (χ0v) is 27.9. The number of unbranched alkanes of at least 4 members (excludes halogenated alkanes) is 2. The molecule has 3 fully saturated rings. The van der Waals surface area contributed by atoms with Crippen LogP contribution in [0.2, 0.25) is 5.04 Å². The van der Waals surface area contributed by atoms with Gasteiger partial charge in [-0.25, -0.2) is 0 Å². The van der Waals surface area contributed by atoms with E-state index < -0.39 is 13.9 Å². The minimum Gasteiger partial charge on any atom is -0.462 e. The van der Waals surface area contributed by atoms with E-state index in [1.807, 2.05) is 0 Å². The van der Waals surface area contributed by atoms with E-state index in [1.54, 1.807) is 0 Å². The van der Waals surface area contributed by atoms with Crippen molar-refractivity contribution in [3.63, 3.8) is 0 Å². The van der Waals surface area contributed by atoms with Crippen LogP contribution in [0.3, 0.4) is 0 Å². The van der Waals surface area contributed by atoms with Crippen LogP contribution in [0.15, 0.2) is 72.8 Å². The molecule has 0 amide bonds. The monoisotopic (exact) mass is 604 g/mol. The highest BCUT2D eigenvalue weighted by molar-refractivity contribution is 6.99. The average molecular weight is 605 g/mol. The Hall–Kier alpha value is -2.25. The second-order valence-corrected chi connectivity index (χ2v) is 18.3. The molecule has 2 aliphatic heterocycles. The van der Waals surface area contributed by atoms with Gasteiger partial charge >= 0.3 is 5.97 Å². The van der Waals surface area contributed by atoms with Crippen molar-refractivity contribution in [2.45, 2.75) is 122 Å². The molecule has 43 heavy (non-hydrogen) atoms. The van der Waals surface area contributed by atoms with Gasteiger partial charge in [0.25, 0.3) is 8.32 Å². The molecule has 2 aromatic carbocycles. The smallest absolute Gasteiger partial charge is 0.306 e. The van der Waals surface area contributed by atoms with E-state index in [0.29, 0.717) is 6.42 Å². The Morgan fingerprint density at radius 1 is 0.953 bits per heavy atom. The first-order valence-corrected chi connectivity index (χ1v) is 18.5. The van der Waals surface area contributed by atoms with Crippen molar-refractivity contribution in [3.8, 4) is 0 Å². The first-order chi connectivity index (χ1) is 20.6. The third kappa shape index (κ3) is 7.19. The SMILES string of the molecule is CCCCCC(C)(/C=C/[C@@H]1[C@H]2CC(=O)O[C@H]2C[C@H]1OC1CCCCO1)O[Si](c1ccccc1)(c1ccccc1)C(C)(C)C. The second-order valence-electron chi connectivity index (χ2n) is 14.1. The van der Waals surface area contributed by atoms with Gasteiger partial charge in [0, 0.05) is 24.9 Å². The van der Waals surface area contributed by atoms with Crippen molar-refractivity contribution in [3.05, 3.63) is 72.8 Å². The summed E-state index contributed by atoms with van der Waals surface area (Å²) in [6, 6.07) is 21.8. The van der Waals surface area contributed by atoms with Crippen molar-refractivity contribution in [2.75, 3.05) is 6.61 Å². The molecule has 5 rings (SSSR count). The molecule has 3 aliphatic rings. The molecule has 2 unspecified atom stereocenters. The molecule has 2 aromatic rings. The number of rotatable bonds is 12. The fourth-order valence-corrected chi connectivity index (χ4v) is 12.3. The topological polar surface area (TPSA) is 54.0 Å². The minimum absolute atomic E-state index is 0.0322. The van der Waals surface area contributed by atoms with Gasteiger partial charge in [-0.1, -0.05) is 120 Å². The normalized spacial score (nSPS) is 27.7. The lowest BCUT2D eigenvalue weighted by Gasteiger charge is -2.48. The van der Waals surface area contributed by atoms with Gasteiger partial charge in [0.05, 0.1) is 18.1 Å². The largest absolute Gasteiger partial charge is 0.462 e. The van der Waals surface area contributed by atoms with Gasteiger partial charge in [-0.05, 0) is 48.0 Å². The summed E-state index contributed by atoms with van der Waals surface area (Å²) in [5, 5.41) is 2.45. The highest BCUT2D eigenvalue weighted by atomic mass is 28.4. The molecule has 0 radical (unpaired) electrons. The quantitative estimate of drug-likeness (QED) is 0.110. The molecule has 5 nitrogen and oxygen atoms in total. The first-order valence-electron chi connectivity index (χ1n) is 16.6. The minimum atomic E-state index is -2.79. The van der Waals surface area contributed by atoms with Gasteiger partial charge in [0.2, 0.25) is 0 Å². The Kier molecular flexibility index (Phi) is 10.3. The van der Waals surface area contributed by atoms with Crippen LogP contribution in [0.25, 0.3) is 0 Å². The zero-order chi connectivity index (χ0) is 30.5. The van der Waals surface area contributed by atoms with Crippen molar-refractivity contribution in [1.29, 1.82) is 0 Å². The number of benzene rings is 2. The third-order valence-electron chi connectivity index (χ3n) is 9.77. The summed E-state index contributed by atoms with van der Waals surface area (Å²) in [4.78, 5) is 12.4. The molecule has 0 N–H and O–H groups in total. The van der Waals surface area contributed by atoms with Gasteiger partial charge in [-0.3, -0.25) is 4.79 Å². The lowest BCUT2D eigenvalue weighted by atomic mass is 9.89. The lowest BCUT2D eigenvalue weighted by molar-refractivity contribution is -0.194. The number of esters is 1. The van der Waals surface area contributed by atoms with Crippen LogP contribution in [-0.2, 0) is 23.4 Å². The van der Waals surface area contributed by atoms with Gasteiger partial charge in [-0.15, -0.1) is 0 Å². The molecular weight excluding hydrogens is 552 g/mol. The van der Waals surface area contributed by atoms with Crippen molar-refractivity contribution in [1.82, 2.24) is 0 Å². The molecule has 0 aromatic heterocycles. The molecule has 1 saturated carbocycles. The van der Waals surface area contributed by atoms with E-state index in [-0.39, 0.29) is 41.3 Å². The van der Waals surface area contributed by atoms with Crippen LogP contribution >= 0.6 is 0 Å². The summed E-state index contributed by atoms with van der Waals surface area (Å²) >= 11 is 0. The lowest BCUT2D eigenvalue weighted by Crippen LogP contribution is -2.69. The Bertz CT molecular complexity index is 1160. The Morgan fingerprint density at radius 2 is 1.63 bits per heavy atom. The fourth-order valence-electron chi connectivity index (χ4n) is 7.53. The maximum Gasteiger partial charge on any atom is 0.306 e. The second kappa shape index (κ2) is 13.8. The van der Waals surface area contributed by atoms with Crippen LogP contribution in [0.1, 0.15) is 92.4 Å². The number of carbonyl (C=O) groups is 1. The van der Waals surface area contributed by atoms with Gasteiger partial charge in [0.15, 0.2) is 6.29 Å². The number of fused-ring (bicyclic) bond motifs is 1. The van der Waals surface area contributed by atoms with E-state index in [9.17, 15) is 4.79 Å². The molecule has 1 aliphatic carbocycles. The molecule has 234 valence electrons. The number of ether oxygens (including phenoxy) is 3. The summed E-state index contributed by atoms with van der Waals surface area (Å²) < 4.78 is 26.1. The Balaban J connectivity index is 1.53. The van der Waals surface area contributed by atoms with Crippen LogP contribution in [-0.4, -0.2) is 45.0 Å². The van der Waals surface area contributed by atoms with E-state index in [0.717, 1.165) is 58.0 Å². The van der Waals surface area contributed by atoms with E-state index in [4.69, 9.17) is 18.6 Å². The fraction of sp³-hybridized carbons (Fsp3) is 0.595. The van der Waals surface area contributed by atoms with Crippen molar-refractivity contribution < 1.29 is 23.4 Å². The third-order valence-corrected chi connectivity index (χ3v) is 14.9. The van der Waals surface area contributed by atoms with E-state index in [1.165, 1.54) is 10.4 Å². The number of carbonyl (C=O) groups excluding carboxylic acids is 1. The number of hydrogen-bond donors (Lipinski definition) is 0. The standard InChI is InChI=1S/C37H52O5Si/c1-6-7-15-23-37(5,42-43(36(2,3)4,28-17-10-8-11-18-28)29-19-12-9-13-20-29)24-22-30-31-26-34(38)40-33(31)27-32(30)41-35-21-14-16-25-39-35/h8-13,17-20,22,24,30-33,35H,6-7,14-16,21,23,25-27H2,1-5H3/b24-22+/t30-,31-,32-,33+,35?,37?/m1/s1. The van der Waals surface area contributed by atoms with Crippen molar-refractivity contribution in [2.24, 2.45) is 11.8 Å². The molecule has 2 heterocycles.